The van der Waals surface area contributed by atoms with Crippen LogP contribution in [0.3, 0.4) is 0 Å². The van der Waals surface area contributed by atoms with E-state index in [0.29, 0.717) is 19.0 Å². The predicted molar refractivity (Wildman–Crippen MR) is 154 cm³/mol. The number of amides is 3. The van der Waals surface area contributed by atoms with Crippen LogP contribution < -0.4 is 20.1 Å². The molecule has 1 aliphatic carbocycles. The summed E-state index contributed by atoms with van der Waals surface area (Å²) in [4.78, 5) is 54.6. The molecule has 3 N–H and O–H groups in total. The maximum absolute atomic E-state index is 14.0. The van der Waals surface area contributed by atoms with Crippen molar-refractivity contribution < 1.29 is 58.7 Å². The van der Waals surface area contributed by atoms with Gasteiger partial charge in [-0.3, -0.25) is 19.2 Å². The number of sulfonamides is 1. The molecule has 0 unspecified atom stereocenters. The van der Waals surface area contributed by atoms with E-state index in [0.717, 1.165) is 16.6 Å². The summed E-state index contributed by atoms with van der Waals surface area (Å²) in [6.45, 7) is 7.09. The van der Waals surface area contributed by atoms with E-state index in [9.17, 15) is 53.9 Å². The van der Waals surface area contributed by atoms with Crippen LogP contribution in [0.25, 0.3) is 0 Å². The average Bonchev–Trinajstić information content (AvgIpc) is 3.42. The lowest BCUT2D eigenvalue weighted by atomic mass is 9.86. The molecule has 6 atom stereocenters. The van der Waals surface area contributed by atoms with Gasteiger partial charge in [0.15, 0.2) is 18.1 Å². The van der Waals surface area contributed by atoms with Crippen molar-refractivity contribution in [1.29, 1.82) is 0 Å². The molecule has 0 aromatic carbocycles. The first-order chi connectivity index (χ1) is 21.8. The number of nitrogens with zero attached hydrogens (tertiary/aromatic N) is 3. The van der Waals surface area contributed by atoms with Gasteiger partial charge in [0.05, 0.1) is 6.04 Å². The number of aryl methyl sites for hydroxylation is 1. The Balaban J connectivity index is 1.59. The topological polar surface area (TPSA) is 169 Å². The maximum Gasteiger partial charge on any atom is 0.511 e. The zero-order chi connectivity index (χ0) is 36.4. The fourth-order valence-electron chi connectivity index (χ4n) is 6.45. The summed E-state index contributed by atoms with van der Waals surface area (Å²) in [6, 6.07) is -4.07. The summed E-state index contributed by atoms with van der Waals surface area (Å²) in [7, 11) is -4.81. The number of hydrogen-bond acceptors (Lipinski definition) is 8. The molecule has 0 radical (unpaired) electrons. The van der Waals surface area contributed by atoms with E-state index >= 15 is 0 Å². The number of halogens is 6. The molecule has 0 bridgehead atoms. The SMILES string of the molecule is Cn1nc(C(F)(F)F)cc1OCC(=O)[C@H](C[C@@H]1CCNC1=O)NC(=O)[C@@H]1[C@@H]2[C@H](CN1C(=O)[C@@H](NS(=O)(=O)C(F)(F)F)C(C)(C)C)C2(C)C. The van der Waals surface area contributed by atoms with Gasteiger partial charge in [0.1, 0.15) is 12.1 Å². The van der Waals surface area contributed by atoms with E-state index in [1.165, 1.54) is 25.5 Å². The molecule has 1 aromatic rings. The molecule has 270 valence electrons. The third-order valence-electron chi connectivity index (χ3n) is 9.33. The van der Waals surface area contributed by atoms with Gasteiger partial charge in [-0.25, -0.2) is 13.1 Å². The lowest BCUT2D eigenvalue weighted by Gasteiger charge is -2.37. The summed E-state index contributed by atoms with van der Waals surface area (Å²) < 4.78 is 111. The maximum atomic E-state index is 14.0. The summed E-state index contributed by atoms with van der Waals surface area (Å²) in [5.74, 6) is -5.05. The average molecular weight is 717 g/mol. The molecule has 2 aliphatic heterocycles. The number of ketones is 1. The third-order valence-corrected chi connectivity index (χ3v) is 10.5. The number of rotatable bonds is 11. The Labute approximate surface area is 272 Å². The van der Waals surface area contributed by atoms with Crippen LogP contribution in [0.5, 0.6) is 5.88 Å². The Morgan fingerprint density at radius 2 is 1.77 bits per heavy atom. The fourth-order valence-corrected chi connectivity index (χ4v) is 7.35. The molecular weight excluding hydrogens is 678 g/mol. The van der Waals surface area contributed by atoms with Gasteiger partial charge in [0.25, 0.3) is 0 Å². The van der Waals surface area contributed by atoms with Crippen molar-refractivity contribution in [3.8, 4) is 5.88 Å². The number of carbonyl (C=O) groups excluding carboxylic acids is 4. The number of hydrogen-bond donors (Lipinski definition) is 3. The van der Waals surface area contributed by atoms with Gasteiger partial charge >= 0.3 is 21.7 Å². The second-order valence-corrected chi connectivity index (χ2v) is 15.8. The number of nitrogens with one attached hydrogen (secondary N) is 3. The minimum atomic E-state index is -5.97. The Kier molecular flexibility index (Phi) is 9.72. The molecule has 3 heterocycles. The van der Waals surface area contributed by atoms with Crippen molar-refractivity contribution in [1.82, 2.24) is 30.0 Å². The lowest BCUT2D eigenvalue weighted by molar-refractivity contribution is -0.144. The molecule has 1 aromatic heterocycles. The minimum absolute atomic E-state index is 0.0797. The lowest BCUT2D eigenvalue weighted by Crippen LogP contribution is -2.61. The summed E-state index contributed by atoms with van der Waals surface area (Å²) in [5, 5.41) is 8.47. The van der Waals surface area contributed by atoms with Crippen molar-refractivity contribution in [2.24, 2.45) is 35.6 Å². The molecule has 20 heteroatoms. The molecule has 3 aliphatic rings. The second-order valence-electron chi connectivity index (χ2n) is 14.1. The highest BCUT2D eigenvalue weighted by atomic mass is 32.2. The van der Waals surface area contributed by atoms with Crippen LogP contribution in [-0.2, 0) is 42.4 Å². The first-order valence-electron chi connectivity index (χ1n) is 15.0. The quantitative estimate of drug-likeness (QED) is 0.291. The predicted octanol–water partition coefficient (Wildman–Crippen LogP) is 1.73. The Morgan fingerprint density at radius 1 is 1.15 bits per heavy atom. The van der Waals surface area contributed by atoms with Gasteiger partial charge in [0, 0.05) is 32.1 Å². The zero-order valence-electron chi connectivity index (χ0n) is 27.0. The Hall–Kier alpha value is -3.42. The van der Waals surface area contributed by atoms with Gasteiger partial charge in [-0.05, 0) is 35.5 Å². The van der Waals surface area contributed by atoms with Crippen LogP contribution in [0, 0.1) is 28.6 Å². The summed E-state index contributed by atoms with van der Waals surface area (Å²) in [5.41, 5.74) is -8.85. The number of ether oxygens (including phenoxy) is 1. The molecule has 3 amide bonds. The van der Waals surface area contributed by atoms with Crippen LogP contribution in [0.1, 0.15) is 53.2 Å². The van der Waals surface area contributed by atoms with E-state index in [1.54, 1.807) is 0 Å². The molecular formula is C28H38F6N6O7S. The molecule has 13 nitrogen and oxygen atoms in total. The van der Waals surface area contributed by atoms with Gasteiger partial charge in [-0.15, -0.1) is 0 Å². The van der Waals surface area contributed by atoms with Gasteiger partial charge < -0.3 is 20.3 Å². The highest BCUT2D eigenvalue weighted by Gasteiger charge is 2.70. The number of carbonyl (C=O) groups is 4. The van der Waals surface area contributed by atoms with Crippen molar-refractivity contribution in [2.75, 3.05) is 19.7 Å². The summed E-state index contributed by atoms with van der Waals surface area (Å²) >= 11 is 0. The summed E-state index contributed by atoms with van der Waals surface area (Å²) in [6.07, 6.45) is -4.69. The number of aromatic nitrogens is 2. The van der Waals surface area contributed by atoms with Crippen molar-refractivity contribution in [3.63, 3.8) is 0 Å². The molecule has 2 saturated heterocycles. The molecule has 3 fully saturated rings. The van der Waals surface area contributed by atoms with E-state index < -0.39 is 104 Å². The molecule has 0 spiro atoms. The number of likely N-dealkylation sites (tertiary alicyclic amines) is 1. The third kappa shape index (κ3) is 7.42. The van der Waals surface area contributed by atoms with E-state index in [1.807, 2.05) is 13.8 Å². The van der Waals surface area contributed by atoms with Crippen LogP contribution in [-0.4, -0.2) is 89.9 Å². The van der Waals surface area contributed by atoms with E-state index in [4.69, 9.17) is 4.74 Å². The van der Waals surface area contributed by atoms with E-state index in [2.05, 4.69) is 15.7 Å². The highest BCUT2D eigenvalue weighted by Crippen LogP contribution is 2.65. The van der Waals surface area contributed by atoms with Gasteiger partial charge in [-0.2, -0.15) is 36.2 Å². The monoisotopic (exact) mass is 716 g/mol. The number of piperidine rings is 1. The van der Waals surface area contributed by atoms with Crippen LogP contribution in [0.4, 0.5) is 26.3 Å². The number of Topliss-reactive ketones (excluding diaryl/α,β-unsaturated/α-hetero) is 1. The van der Waals surface area contributed by atoms with Crippen molar-refractivity contribution >= 4 is 33.5 Å². The minimum Gasteiger partial charge on any atom is -0.470 e. The first kappa shape index (κ1) is 37.4. The number of fused-ring (bicyclic) bond motifs is 1. The normalized spacial score (nSPS) is 25.2. The van der Waals surface area contributed by atoms with E-state index in [-0.39, 0.29) is 18.9 Å². The van der Waals surface area contributed by atoms with Gasteiger partial charge in [0.2, 0.25) is 23.6 Å². The first-order valence-corrected chi connectivity index (χ1v) is 16.5. The molecule has 4 rings (SSSR count). The highest BCUT2D eigenvalue weighted by molar-refractivity contribution is 7.90. The molecule has 1 saturated carbocycles. The Morgan fingerprint density at radius 3 is 2.27 bits per heavy atom. The molecule has 48 heavy (non-hydrogen) atoms. The zero-order valence-corrected chi connectivity index (χ0v) is 27.8. The Bertz CT molecular complexity index is 1570. The van der Waals surface area contributed by atoms with Crippen molar-refractivity contribution in [3.05, 3.63) is 11.8 Å². The smallest absolute Gasteiger partial charge is 0.470 e. The van der Waals surface area contributed by atoms with Crippen LogP contribution in [0.2, 0.25) is 0 Å². The standard InChI is InChI=1S/C28H38F6N6O7S/c1-25(2,3)21(38-48(45,46)28(32,33)34)24(44)40-11-14-19(26(14,4)5)20(40)23(43)36-15(9-13-7-8-35-22(13)42)16(41)12-47-18-10-17(27(29,30)31)37-39(18)6/h10,13-15,19-21,38H,7-9,11-12H2,1-6H3,(H,35,42)(H,36,43)/t13-,14-,15-,19-,20-,21+/m0/s1. The van der Waals surface area contributed by atoms with Crippen molar-refractivity contribution in [2.45, 2.75) is 77.3 Å². The second kappa shape index (κ2) is 12.5. The van der Waals surface area contributed by atoms with Gasteiger partial charge in [-0.1, -0.05) is 34.6 Å². The van der Waals surface area contributed by atoms with Crippen LogP contribution >= 0.6 is 0 Å². The fraction of sp³-hybridized carbons (Fsp3) is 0.750. The largest absolute Gasteiger partial charge is 0.511 e. The van der Waals surface area contributed by atoms with Crippen LogP contribution in [0.15, 0.2) is 6.07 Å². The number of alkyl halides is 6.